The summed E-state index contributed by atoms with van der Waals surface area (Å²) in [6.07, 6.45) is 10.7. The Bertz CT molecular complexity index is 1590. The second-order valence-electron chi connectivity index (χ2n) is 14.1. The molecule has 1 N–H and O–H groups in total. The number of pyridine rings is 1. The summed E-state index contributed by atoms with van der Waals surface area (Å²) in [4.78, 5) is 34.8. The van der Waals surface area contributed by atoms with Crippen molar-refractivity contribution < 1.29 is 14.0 Å². The number of hydrogen-bond donors (Lipinski definition) is 1. The van der Waals surface area contributed by atoms with E-state index in [-0.39, 0.29) is 23.7 Å². The Labute approximate surface area is 265 Å². The molecule has 4 aliphatic rings. The molecule has 4 fully saturated rings. The Morgan fingerprint density at radius 1 is 0.911 bits per heavy atom. The Hall–Kier alpha value is -3.84. The van der Waals surface area contributed by atoms with Crippen LogP contribution < -0.4 is 5.32 Å². The van der Waals surface area contributed by atoms with Gasteiger partial charge in [-0.2, -0.15) is 0 Å². The van der Waals surface area contributed by atoms with Crippen molar-refractivity contribution in [1.82, 2.24) is 20.1 Å². The van der Waals surface area contributed by atoms with Gasteiger partial charge >= 0.3 is 0 Å². The van der Waals surface area contributed by atoms with Crippen LogP contribution in [0, 0.1) is 17.2 Å². The molecule has 7 rings (SSSR count). The minimum absolute atomic E-state index is 0.141. The number of piperidine rings is 1. The number of carbonyl (C=O) groups is 2. The summed E-state index contributed by atoms with van der Waals surface area (Å²) in [5.74, 6) is 0.510. The van der Waals surface area contributed by atoms with E-state index in [4.69, 9.17) is 0 Å². The average molecular weight is 607 g/mol. The number of aromatic nitrogens is 1. The highest BCUT2D eigenvalue weighted by Crippen LogP contribution is 2.54. The molecule has 2 aromatic carbocycles. The fourth-order valence-electron chi connectivity index (χ4n) is 8.00. The molecule has 2 aliphatic heterocycles. The highest BCUT2D eigenvalue weighted by molar-refractivity contribution is 5.94. The predicted octanol–water partition coefficient (Wildman–Crippen LogP) is 6.75. The fourth-order valence-corrected chi connectivity index (χ4v) is 8.00. The van der Waals surface area contributed by atoms with Crippen LogP contribution in [0.15, 0.2) is 72.6 Å². The fraction of sp³-hybridized carbons (Fsp3) is 0.447. The third kappa shape index (κ3) is 6.07. The lowest BCUT2D eigenvalue weighted by Gasteiger charge is -2.56. The molecular weight excluding hydrogens is 563 g/mol. The van der Waals surface area contributed by atoms with Crippen molar-refractivity contribution in [3.8, 4) is 0 Å². The van der Waals surface area contributed by atoms with Crippen molar-refractivity contribution in [1.29, 1.82) is 0 Å². The Balaban J connectivity index is 1.00. The molecular formula is C38H43FN4O2. The summed E-state index contributed by atoms with van der Waals surface area (Å²) in [6.45, 7) is 5.84. The monoisotopic (exact) mass is 606 g/mol. The Kier molecular flexibility index (Phi) is 8.07. The third-order valence-electron chi connectivity index (χ3n) is 10.7. The van der Waals surface area contributed by atoms with Gasteiger partial charge in [-0.25, -0.2) is 4.39 Å². The topological polar surface area (TPSA) is 65.5 Å². The number of hydrogen-bond acceptors (Lipinski definition) is 4. The smallest absolute Gasteiger partial charge is 0.253 e. The molecule has 7 heteroatoms. The molecule has 1 aromatic heterocycles. The van der Waals surface area contributed by atoms with E-state index in [1.165, 1.54) is 29.7 Å². The van der Waals surface area contributed by atoms with Gasteiger partial charge in [-0.1, -0.05) is 48.4 Å². The van der Waals surface area contributed by atoms with Crippen LogP contribution >= 0.6 is 0 Å². The van der Waals surface area contributed by atoms with Crippen LogP contribution in [0.1, 0.15) is 96.4 Å². The van der Waals surface area contributed by atoms with E-state index in [0.717, 1.165) is 87.0 Å². The highest BCUT2D eigenvalue weighted by Gasteiger charge is 2.49. The maximum atomic E-state index is 13.8. The van der Waals surface area contributed by atoms with Gasteiger partial charge in [0.25, 0.3) is 5.91 Å². The van der Waals surface area contributed by atoms with Crippen molar-refractivity contribution in [2.45, 2.75) is 63.8 Å². The second kappa shape index (κ2) is 12.2. The van der Waals surface area contributed by atoms with Crippen LogP contribution in [0.4, 0.5) is 4.39 Å². The number of allylic oxidation sites excluding steroid dienone is 1. The van der Waals surface area contributed by atoms with Crippen LogP contribution in [0.5, 0.6) is 0 Å². The molecule has 234 valence electrons. The number of rotatable bonds is 7. The van der Waals surface area contributed by atoms with Gasteiger partial charge in [-0.15, -0.1) is 0 Å². The van der Waals surface area contributed by atoms with E-state index >= 15 is 0 Å². The zero-order valence-electron chi connectivity index (χ0n) is 26.4. The van der Waals surface area contributed by atoms with Crippen LogP contribution in [0.25, 0.3) is 5.57 Å². The SMILES string of the molecule is C[C@@H](NC(=O)c1cncc(C2CCN(C(=O)C3CCC3)CC2)c1)c1ccc(C(=C2CC3(C2)CN(C)C3)c2ccc(F)cc2)cc1. The van der Waals surface area contributed by atoms with E-state index in [0.29, 0.717) is 22.8 Å². The van der Waals surface area contributed by atoms with Gasteiger partial charge in [0.05, 0.1) is 11.6 Å². The van der Waals surface area contributed by atoms with E-state index < -0.39 is 0 Å². The van der Waals surface area contributed by atoms with Crippen molar-refractivity contribution in [3.63, 3.8) is 0 Å². The molecule has 6 nitrogen and oxygen atoms in total. The van der Waals surface area contributed by atoms with E-state index in [1.807, 2.05) is 36.2 Å². The molecule has 0 unspecified atom stereocenters. The quantitative estimate of drug-likeness (QED) is 0.323. The summed E-state index contributed by atoms with van der Waals surface area (Å²) in [7, 11) is 2.17. The number of nitrogens with zero attached hydrogens (tertiary/aromatic N) is 3. The number of amides is 2. The average Bonchev–Trinajstić information content (AvgIpc) is 2.99. The number of likely N-dealkylation sites (tertiary alicyclic amines) is 2. The molecule has 2 amide bonds. The van der Waals surface area contributed by atoms with Crippen LogP contribution in [-0.4, -0.2) is 59.8 Å². The lowest BCUT2D eigenvalue weighted by atomic mass is 9.59. The van der Waals surface area contributed by atoms with Gasteiger partial charge < -0.3 is 15.1 Å². The maximum absolute atomic E-state index is 13.8. The third-order valence-corrected chi connectivity index (χ3v) is 10.7. The first-order valence-corrected chi connectivity index (χ1v) is 16.6. The molecule has 2 saturated carbocycles. The van der Waals surface area contributed by atoms with E-state index in [2.05, 4.69) is 46.5 Å². The first-order valence-electron chi connectivity index (χ1n) is 16.6. The normalized spacial score (nSPS) is 20.6. The van der Waals surface area contributed by atoms with Gasteiger partial charge in [-0.05, 0) is 104 Å². The summed E-state index contributed by atoms with van der Waals surface area (Å²) >= 11 is 0. The summed E-state index contributed by atoms with van der Waals surface area (Å²) < 4.78 is 13.8. The van der Waals surface area contributed by atoms with Gasteiger partial charge in [0.1, 0.15) is 5.82 Å². The summed E-state index contributed by atoms with van der Waals surface area (Å²) in [6, 6.07) is 17.1. The molecule has 2 saturated heterocycles. The van der Waals surface area contributed by atoms with Crippen LogP contribution in [-0.2, 0) is 4.79 Å². The van der Waals surface area contributed by atoms with Crippen molar-refractivity contribution >= 4 is 17.4 Å². The van der Waals surface area contributed by atoms with Gasteiger partial charge in [0.15, 0.2) is 0 Å². The standard InChI is InChI=1S/C38H43FN4O2/c1-25(41-36(44)32-18-31(21-40-22-32)27-14-16-43(17-15-27)37(45)30-4-3-5-30)26-6-8-28(9-7-26)35(29-10-12-34(39)13-11-29)33-19-38(20-33)23-42(2)24-38/h6-13,18,21-22,25,27,30H,3-5,14-17,19-20,23-24H2,1-2H3,(H,41,44)/t25-/m1/s1. The predicted molar refractivity (Wildman–Crippen MR) is 174 cm³/mol. The minimum atomic E-state index is -0.226. The Morgan fingerprint density at radius 3 is 2.16 bits per heavy atom. The second-order valence-corrected chi connectivity index (χ2v) is 14.1. The molecule has 1 atom stereocenters. The van der Waals surface area contributed by atoms with Crippen molar-refractivity contribution in [2.75, 3.05) is 33.2 Å². The highest BCUT2D eigenvalue weighted by atomic mass is 19.1. The summed E-state index contributed by atoms with van der Waals surface area (Å²) in [5.41, 5.74) is 7.88. The molecule has 1 spiro atoms. The van der Waals surface area contributed by atoms with Crippen molar-refractivity contribution in [2.24, 2.45) is 11.3 Å². The number of nitrogens with one attached hydrogen (secondary N) is 1. The number of halogens is 1. The zero-order valence-corrected chi connectivity index (χ0v) is 26.4. The minimum Gasteiger partial charge on any atom is -0.345 e. The Morgan fingerprint density at radius 2 is 1.56 bits per heavy atom. The number of benzene rings is 2. The molecule has 3 heterocycles. The van der Waals surface area contributed by atoms with Crippen LogP contribution in [0.2, 0.25) is 0 Å². The number of carbonyl (C=O) groups excluding carboxylic acids is 2. The first-order chi connectivity index (χ1) is 21.8. The summed E-state index contributed by atoms with van der Waals surface area (Å²) in [5, 5.41) is 3.16. The molecule has 2 aliphatic carbocycles. The molecule has 45 heavy (non-hydrogen) atoms. The molecule has 0 bridgehead atoms. The van der Waals surface area contributed by atoms with Gasteiger partial charge in [0.2, 0.25) is 5.91 Å². The first kappa shape index (κ1) is 29.8. The molecule has 0 radical (unpaired) electrons. The molecule has 3 aromatic rings. The van der Waals surface area contributed by atoms with Gasteiger partial charge in [0, 0.05) is 49.9 Å². The van der Waals surface area contributed by atoms with E-state index in [9.17, 15) is 14.0 Å². The largest absolute Gasteiger partial charge is 0.345 e. The maximum Gasteiger partial charge on any atom is 0.253 e. The van der Waals surface area contributed by atoms with E-state index in [1.54, 1.807) is 6.20 Å². The van der Waals surface area contributed by atoms with Gasteiger partial charge in [-0.3, -0.25) is 14.6 Å². The zero-order chi connectivity index (χ0) is 31.1. The van der Waals surface area contributed by atoms with Crippen molar-refractivity contribution in [3.05, 3.63) is 106 Å². The lowest BCUT2D eigenvalue weighted by Crippen LogP contribution is -2.58. The van der Waals surface area contributed by atoms with Crippen LogP contribution in [0.3, 0.4) is 0 Å². The lowest BCUT2D eigenvalue weighted by molar-refractivity contribution is -0.139.